The molecule has 10 heteroatoms. The largest absolute Gasteiger partial charge is 0.508 e. The molecule has 1 heterocycles. The Kier molecular flexibility index (Phi) is 4.72. The molecular weight excluding hydrogens is 365 g/mol. The summed E-state index contributed by atoms with van der Waals surface area (Å²) in [5, 5.41) is 22.4. The molecule has 0 spiro atoms. The van der Waals surface area contributed by atoms with Gasteiger partial charge in [-0.2, -0.15) is 18.3 Å². The van der Waals surface area contributed by atoms with Gasteiger partial charge in [0.15, 0.2) is 0 Å². The molecule has 0 fully saturated rings. The summed E-state index contributed by atoms with van der Waals surface area (Å²) in [7, 11) is 0. The van der Waals surface area contributed by atoms with Crippen LogP contribution in [0.3, 0.4) is 0 Å². The zero-order chi connectivity index (χ0) is 19.6. The van der Waals surface area contributed by atoms with Gasteiger partial charge < -0.3 is 14.8 Å². The number of carbonyl (C=O) groups is 1. The molecule has 140 valence electrons. The number of nitrogens with zero attached hydrogens (tertiary/aromatic N) is 3. The lowest BCUT2D eigenvalue weighted by atomic mass is 10.2. The molecule has 0 aliphatic heterocycles. The summed E-state index contributed by atoms with van der Waals surface area (Å²) in [5.74, 6) is -2.41. The number of benzene rings is 2. The number of para-hydroxylation sites is 2. The van der Waals surface area contributed by atoms with Gasteiger partial charge in [0.2, 0.25) is 5.82 Å². The molecule has 0 saturated carbocycles. The van der Waals surface area contributed by atoms with Crippen molar-refractivity contribution in [1.82, 2.24) is 15.0 Å². The zero-order valence-corrected chi connectivity index (χ0v) is 13.6. The number of halogens is 3. The predicted molar refractivity (Wildman–Crippen MR) is 90.2 cm³/mol. The summed E-state index contributed by atoms with van der Waals surface area (Å²) in [5.41, 5.74) is 2.59. The van der Waals surface area contributed by atoms with Gasteiger partial charge in [-0.3, -0.25) is 4.79 Å². The fraction of sp³-hybridized carbons (Fsp3) is 0.118. The highest BCUT2D eigenvalue weighted by molar-refractivity contribution is 5.86. The van der Waals surface area contributed by atoms with Gasteiger partial charge in [-0.05, 0) is 24.3 Å². The molecule has 0 aliphatic rings. The molecule has 7 nitrogen and oxygen atoms in total. The lowest BCUT2D eigenvalue weighted by molar-refractivity contribution is -0.147. The number of aromatic nitrogens is 2. The summed E-state index contributed by atoms with van der Waals surface area (Å²) >= 11 is 0. The minimum absolute atomic E-state index is 0.121. The number of phenolic OH excluding ortho intramolecular Hbond substituents is 2. The third-order valence-electron chi connectivity index (χ3n) is 3.62. The van der Waals surface area contributed by atoms with Crippen LogP contribution in [0, 0.1) is 0 Å². The average molecular weight is 378 g/mol. The Morgan fingerprint density at radius 1 is 1.22 bits per heavy atom. The van der Waals surface area contributed by atoms with Crippen LogP contribution in [0.4, 0.5) is 13.2 Å². The van der Waals surface area contributed by atoms with E-state index in [1.54, 1.807) is 12.1 Å². The van der Waals surface area contributed by atoms with E-state index in [1.165, 1.54) is 24.3 Å². The molecule has 3 rings (SSSR count). The summed E-state index contributed by atoms with van der Waals surface area (Å²) in [6.45, 7) is -0.645. The molecule has 3 aromatic rings. The van der Waals surface area contributed by atoms with Gasteiger partial charge >= 0.3 is 6.18 Å². The van der Waals surface area contributed by atoms with Crippen LogP contribution >= 0.6 is 0 Å². The number of imidazole rings is 1. The molecule has 0 radical (unpaired) electrons. The fourth-order valence-corrected chi connectivity index (χ4v) is 2.45. The van der Waals surface area contributed by atoms with E-state index in [0.29, 0.717) is 0 Å². The van der Waals surface area contributed by atoms with Gasteiger partial charge in [-0.15, -0.1) is 0 Å². The normalized spacial score (nSPS) is 12.0. The maximum atomic E-state index is 13.2. The number of rotatable bonds is 4. The molecule has 1 aromatic heterocycles. The van der Waals surface area contributed by atoms with Gasteiger partial charge in [-0.1, -0.05) is 12.1 Å². The SMILES string of the molecule is O=C(Cn1c(C(F)(F)F)nc2ccccc21)NN=Cc1ccc(O)cc1O. The van der Waals surface area contributed by atoms with Gasteiger partial charge in [0, 0.05) is 11.6 Å². The smallest absolute Gasteiger partial charge is 0.449 e. The van der Waals surface area contributed by atoms with Crippen molar-refractivity contribution in [2.75, 3.05) is 0 Å². The lowest BCUT2D eigenvalue weighted by Crippen LogP contribution is -2.26. The molecule has 0 bridgehead atoms. The number of hydrogen-bond donors (Lipinski definition) is 3. The minimum Gasteiger partial charge on any atom is -0.508 e. The third kappa shape index (κ3) is 4.00. The summed E-state index contributed by atoms with van der Waals surface area (Å²) in [6.07, 6.45) is -3.62. The van der Waals surface area contributed by atoms with E-state index in [0.717, 1.165) is 16.8 Å². The monoisotopic (exact) mass is 378 g/mol. The van der Waals surface area contributed by atoms with Gasteiger partial charge in [0.25, 0.3) is 5.91 Å². The highest BCUT2D eigenvalue weighted by Crippen LogP contribution is 2.31. The van der Waals surface area contributed by atoms with Crippen molar-refractivity contribution < 1.29 is 28.2 Å². The van der Waals surface area contributed by atoms with Crippen LogP contribution in [-0.4, -0.2) is 31.9 Å². The number of carbonyl (C=O) groups excluding carboxylic acids is 1. The minimum atomic E-state index is -4.72. The Morgan fingerprint density at radius 3 is 2.67 bits per heavy atom. The van der Waals surface area contributed by atoms with Crippen molar-refractivity contribution >= 4 is 23.2 Å². The van der Waals surface area contributed by atoms with E-state index >= 15 is 0 Å². The van der Waals surface area contributed by atoms with Gasteiger partial charge in [-0.25, -0.2) is 10.4 Å². The second kappa shape index (κ2) is 6.98. The third-order valence-corrected chi connectivity index (χ3v) is 3.62. The van der Waals surface area contributed by atoms with Crippen LogP contribution in [0.1, 0.15) is 11.4 Å². The average Bonchev–Trinajstić information content (AvgIpc) is 2.96. The zero-order valence-electron chi connectivity index (χ0n) is 13.6. The van der Waals surface area contributed by atoms with Crippen molar-refractivity contribution in [1.29, 1.82) is 0 Å². The summed E-state index contributed by atoms with van der Waals surface area (Å²) in [4.78, 5) is 15.6. The summed E-state index contributed by atoms with van der Waals surface area (Å²) < 4.78 is 40.3. The Morgan fingerprint density at radius 2 is 1.96 bits per heavy atom. The van der Waals surface area contributed by atoms with Crippen molar-refractivity contribution in [3.63, 3.8) is 0 Å². The number of amides is 1. The number of hydrogen-bond acceptors (Lipinski definition) is 5. The van der Waals surface area contributed by atoms with Crippen LogP contribution in [0.2, 0.25) is 0 Å². The molecule has 0 aliphatic carbocycles. The Balaban J connectivity index is 1.79. The first kappa shape index (κ1) is 18.2. The highest BCUT2D eigenvalue weighted by atomic mass is 19.4. The van der Waals surface area contributed by atoms with E-state index in [4.69, 9.17) is 0 Å². The van der Waals surface area contributed by atoms with Crippen molar-refractivity contribution in [3.05, 3.63) is 53.9 Å². The second-order valence-electron chi connectivity index (χ2n) is 5.54. The molecule has 0 atom stereocenters. The van der Waals surface area contributed by atoms with E-state index in [2.05, 4.69) is 15.5 Å². The Hall–Kier alpha value is -3.56. The fourth-order valence-electron chi connectivity index (χ4n) is 2.45. The molecule has 0 saturated heterocycles. The number of phenols is 2. The number of alkyl halides is 3. The molecule has 0 unspecified atom stereocenters. The molecule has 1 amide bonds. The van der Waals surface area contributed by atoms with E-state index < -0.39 is 24.5 Å². The quantitative estimate of drug-likeness (QED) is 0.480. The molecule has 27 heavy (non-hydrogen) atoms. The predicted octanol–water partition coefficient (Wildman–Crippen LogP) is 2.62. The van der Waals surface area contributed by atoms with Crippen molar-refractivity contribution in [2.45, 2.75) is 12.7 Å². The first-order chi connectivity index (χ1) is 12.8. The molecule has 3 N–H and O–H groups in total. The van der Waals surface area contributed by atoms with Crippen LogP contribution in [0.15, 0.2) is 47.6 Å². The van der Waals surface area contributed by atoms with Crippen LogP contribution in [-0.2, 0) is 17.5 Å². The second-order valence-corrected chi connectivity index (χ2v) is 5.54. The highest BCUT2D eigenvalue weighted by Gasteiger charge is 2.37. The first-order valence-electron chi connectivity index (χ1n) is 7.62. The maximum Gasteiger partial charge on any atom is 0.449 e. The van der Waals surface area contributed by atoms with Gasteiger partial charge in [0.1, 0.15) is 18.0 Å². The van der Waals surface area contributed by atoms with Gasteiger partial charge in [0.05, 0.1) is 17.2 Å². The maximum absolute atomic E-state index is 13.2. The first-order valence-corrected chi connectivity index (χ1v) is 7.62. The number of nitrogens with one attached hydrogen (secondary N) is 1. The number of aromatic hydroxyl groups is 2. The Bertz CT molecular complexity index is 1030. The lowest BCUT2D eigenvalue weighted by Gasteiger charge is -2.10. The van der Waals surface area contributed by atoms with Crippen molar-refractivity contribution in [2.24, 2.45) is 5.10 Å². The number of hydrazone groups is 1. The van der Waals surface area contributed by atoms with Crippen LogP contribution in [0.5, 0.6) is 11.5 Å². The van der Waals surface area contributed by atoms with Crippen LogP contribution in [0.25, 0.3) is 11.0 Å². The van der Waals surface area contributed by atoms with Crippen molar-refractivity contribution in [3.8, 4) is 11.5 Å². The van der Waals surface area contributed by atoms with E-state index in [-0.39, 0.29) is 28.1 Å². The molecular formula is C17H13F3N4O3. The molecule has 2 aromatic carbocycles. The summed E-state index contributed by atoms with van der Waals surface area (Å²) in [6, 6.07) is 9.68. The van der Waals surface area contributed by atoms with E-state index in [1.807, 2.05) is 0 Å². The number of fused-ring (bicyclic) bond motifs is 1. The standard InChI is InChI=1S/C17H13F3N4O3/c18-17(19,20)16-22-12-3-1-2-4-13(12)24(16)9-15(27)23-21-8-10-5-6-11(25)7-14(10)26/h1-8,25-26H,9H2,(H,23,27). The topological polar surface area (TPSA) is 99.7 Å². The Labute approximate surface area is 150 Å². The van der Waals surface area contributed by atoms with E-state index in [9.17, 15) is 28.2 Å². The van der Waals surface area contributed by atoms with Crippen LogP contribution < -0.4 is 5.43 Å².